The molecular weight excluding hydrogens is 409 g/mol. The number of halogens is 3. The quantitative estimate of drug-likeness (QED) is 0.671. The van der Waals surface area contributed by atoms with Gasteiger partial charge in [-0.25, -0.2) is 4.98 Å². The summed E-state index contributed by atoms with van der Waals surface area (Å²) in [7, 11) is 1.42. The minimum atomic E-state index is -4.26. The van der Waals surface area contributed by atoms with E-state index in [0.29, 0.717) is 28.2 Å². The van der Waals surface area contributed by atoms with Crippen LogP contribution >= 0.6 is 0 Å². The summed E-state index contributed by atoms with van der Waals surface area (Å²) < 4.78 is 44.8. The number of fused-ring (bicyclic) bond motifs is 1. The van der Waals surface area contributed by atoms with Crippen LogP contribution in [0, 0.1) is 0 Å². The zero-order valence-corrected chi connectivity index (χ0v) is 17.1. The molecule has 1 aliphatic heterocycles. The Bertz CT molecular complexity index is 1140. The van der Waals surface area contributed by atoms with Crippen LogP contribution in [-0.2, 0) is 6.42 Å². The maximum Gasteiger partial charge on any atom is 0.389 e. The summed E-state index contributed by atoms with van der Waals surface area (Å²) in [6.07, 6.45) is -3.64. The van der Waals surface area contributed by atoms with Crippen LogP contribution in [0.1, 0.15) is 12.0 Å². The monoisotopic (exact) mass is 432 g/mol. The Morgan fingerprint density at radius 3 is 2.61 bits per heavy atom. The molecule has 3 heterocycles. The standard InChI is InChI=1S/C22H23F3N4O2/c1-31-19-4-2-15(12-16(19)6-7-22(23,24)25)18-13-21(30)29-14-17(3-5-20(29)27-18)28-10-8-26-9-11-28/h2-5,12-14,26H,6-11H2,1H3. The van der Waals surface area contributed by atoms with Crippen molar-refractivity contribution in [1.29, 1.82) is 0 Å². The summed E-state index contributed by atoms with van der Waals surface area (Å²) in [5.41, 5.74) is 2.59. The van der Waals surface area contributed by atoms with Crippen molar-refractivity contribution in [2.24, 2.45) is 0 Å². The molecule has 1 fully saturated rings. The summed E-state index contributed by atoms with van der Waals surface area (Å²) in [5, 5.41) is 3.29. The van der Waals surface area contributed by atoms with Gasteiger partial charge in [0, 0.05) is 50.4 Å². The minimum Gasteiger partial charge on any atom is -0.496 e. The van der Waals surface area contributed by atoms with Crippen molar-refractivity contribution in [3.8, 4) is 17.0 Å². The van der Waals surface area contributed by atoms with Crippen LogP contribution in [0.3, 0.4) is 0 Å². The van der Waals surface area contributed by atoms with E-state index in [2.05, 4.69) is 15.2 Å². The number of piperazine rings is 1. The van der Waals surface area contributed by atoms with Crippen molar-refractivity contribution in [1.82, 2.24) is 14.7 Å². The average Bonchev–Trinajstić information content (AvgIpc) is 2.77. The number of nitrogens with zero attached hydrogens (tertiary/aromatic N) is 3. The van der Waals surface area contributed by atoms with Crippen LogP contribution in [0.25, 0.3) is 16.9 Å². The van der Waals surface area contributed by atoms with Crippen LogP contribution in [0.4, 0.5) is 18.9 Å². The molecular formula is C22H23F3N4O2. The SMILES string of the molecule is COc1ccc(-c2cc(=O)n3cc(N4CCNCC4)ccc3n2)cc1CCC(F)(F)F. The number of pyridine rings is 1. The van der Waals surface area contributed by atoms with E-state index in [9.17, 15) is 18.0 Å². The van der Waals surface area contributed by atoms with Crippen molar-refractivity contribution in [2.45, 2.75) is 19.0 Å². The van der Waals surface area contributed by atoms with Gasteiger partial charge in [0.2, 0.25) is 0 Å². The molecule has 0 radical (unpaired) electrons. The van der Waals surface area contributed by atoms with Gasteiger partial charge < -0.3 is 15.0 Å². The normalized spacial score (nSPS) is 14.8. The van der Waals surface area contributed by atoms with E-state index < -0.39 is 12.6 Å². The van der Waals surface area contributed by atoms with E-state index >= 15 is 0 Å². The molecule has 1 N–H and O–H groups in total. The third-order valence-electron chi connectivity index (χ3n) is 5.38. The molecule has 31 heavy (non-hydrogen) atoms. The van der Waals surface area contributed by atoms with E-state index in [1.54, 1.807) is 30.5 Å². The van der Waals surface area contributed by atoms with Gasteiger partial charge in [0.25, 0.3) is 5.56 Å². The summed E-state index contributed by atoms with van der Waals surface area (Å²) in [6, 6.07) is 10.0. The molecule has 0 spiro atoms. The minimum absolute atomic E-state index is 0.207. The summed E-state index contributed by atoms with van der Waals surface area (Å²) in [5.74, 6) is 0.381. The lowest BCUT2D eigenvalue weighted by Gasteiger charge is -2.29. The number of rotatable bonds is 5. The molecule has 0 unspecified atom stereocenters. The van der Waals surface area contributed by atoms with Crippen LogP contribution in [0.5, 0.6) is 5.75 Å². The van der Waals surface area contributed by atoms with Gasteiger partial charge in [0.15, 0.2) is 0 Å². The fraction of sp³-hybridized carbons (Fsp3) is 0.364. The van der Waals surface area contributed by atoms with Gasteiger partial charge in [0.05, 0.1) is 18.5 Å². The number of ether oxygens (including phenoxy) is 1. The number of aryl methyl sites for hydroxylation is 1. The Balaban J connectivity index is 1.68. The molecule has 2 aromatic heterocycles. The van der Waals surface area contributed by atoms with Crippen molar-refractivity contribution in [3.05, 3.63) is 58.5 Å². The predicted molar refractivity (Wildman–Crippen MR) is 113 cm³/mol. The molecule has 0 amide bonds. The van der Waals surface area contributed by atoms with Crippen molar-refractivity contribution < 1.29 is 17.9 Å². The Kier molecular flexibility index (Phi) is 5.86. The molecule has 1 saturated heterocycles. The first kappa shape index (κ1) is 21.2. The second kappa shape index (κ2) is 8.58. The van der Waals surface area contributed by atoms with E-state index in [4.69, 9.17) is 4.74 Å². The van der Waals surface area contributed by atoms with E-state index in [1.807, 2.05) is 6.07 Å². The lowest BCUT2D eigenvalue weighted by Crippen LogP contribution is -2.43. The molecule has 1 aromatic carbocycles. The Labute approximate surface area is 177 Å². The highest BCUT2D eigenvalue weighted by molar-refractivity contribution is 5.65. The first-order valence-corrected chi connectivity index (χ1v) is 10.1. The Hall–Kier alpha value is -3.07. The van der Waals surface area contributed by atoms with Crippen LogP contribution < -0.4 is 20.5 Å². The molecule has 4 rings (SSSR count). The average molecular weight is 432 g/mol. The largest absolute Gasteiger partial charge is 0.496 e. The molecule has 0 bridgehead atoms. The molecule has 164 valence electrons. The maximum absolute atomic E-state index is 12.8. The number of alkyl halides is 3. The molecule has 0 saturated carbocycles. The number of aromatic nitrogens is 2. The van der Waals surface area contributed by atoms with Gasteiger partial charge in [-0.15, -0.1) is 0 Å². The lowest BCUT2D eigenvalue weighted by atomic mass is 10.0. The zero-order valence-electron chi connectivity index (χ0n) is 17.1. The lowest BCUT2D eigenvalue weighted by molar-refractivity contribution is -0.134. The smallest absolute Gasteiger partial charge is 0.389 e. The summed E-state index contributed by atoms with van der Waals surface area (Å²) >= 11 is 0. The van der Waals surface area contributed by atoms with Crippen LogP contribution in [0.15, 0.2) is 47.4 Å². The van der Waals surface area contributed by atoms with Gasteiger partial charge >= 0.3 is 6.18 Å². The van der Waals surface area contributed by atoms with Gasteiger partial charge in [-0.3, -0.25) is 9.20 Å². The van der Waals surface area contributed by atoms with Crippen molar-refractivity contribution in [3.63, 3.8) is 0 Å². The van der Waals surface area contributed by atoms with Gasteiger partial charge in [-0.05, 0) is 42.3 Å². The van der Waals surface area contributed by atoms with Crippen LogP contribution in [0.2, 0.25) is 0 Å². The molecule has 9 heteroatoms. The van der Waals surface area contributed by atoms with E-state index in [-0.39, 0.29) is 12.0 Å². The Morgan fingerprint density at radius 1 is 1.13 bits per heavy atom. The maximum atomic E-state index is 12.8. The molecule has 1 aliphatic rings. The third-order valence-corrected chi connectivity index (χ3v) is 5.38. The third kappa shape index (κ3) is 4.82. The number of hydrogen-bond acceptors (Lipinski definition) is 5. The molecule has 3 aromatic rings. The van der Waals surface area contributed by atoms with Gasteiger partial charge in [-0.1, -0.05) is 0 Å². The highest BCUT2D eigenvalue weighted by atomic mass is 19.4. The molecule has 6 nitrogen and oxygen atoms in total. The predicted octanol–water partition coefficient (Wildman–Crippen LogP) is 3.27. The topological polar surface area (TPSA) is 58.9 Å². The second-order valence-corrected chi connectivity index (χ2v) is 7.47. The first-order valence-electron chi connectivity index (χ1n) is 10.1. The Morgan fingerprint density at radius 2 is 1.90 bits per heavy atom. The highest BCUT2D eigenvalue weighted by Gasteiger charge is 2.27. The number of benzene rings is 1. The van der Waals surface area contributed by atoms with Crippen LogP contribution in [-0.4, -0.2) is 48.8 Å². The molecule has 0 aliphatic carbocycles. The summed E-state index contributed by atoms with van der Waals surface area (Å²) in [4.78, 5) is 19.6. The zero-order chi connectivity index (χ0) is 22.0. The second-order valence-electron chi connectivity index (χ2n) is 7.47. The van der Waals surface area contributed by atoms with Crippen molar-refractivity contribution >= 4 is 11.3 Å². The fourth-order valence-corrected chi connectivity index (χ4v) is 3.76. The first-order chi connectivity index (χ1) is 14.8. The number of anilines is 1. The van der Waals surface area contributed by atoms with Crippen molar-refractivity contribution in [2.75, 3.05) is 38.2 Å². The highest BCUT2D eigenvalue weighted by Crippen LogP contribution is 2.30. The number of methoxy groups -OCH3 is 1. The van der Waals surface area contributed by atoms with E-state index in [1.165, 1.54) is 17.6 Å². The molecule has 0 atom stereocenters. The summed E-state index contributed by atoms with van der Waals surface area (Å²) in [6.45, 7) is 3.49. The van der Waals surface area contributed by atoms with Gasteiger partial charge in [-0.2, -0.15) is 13.2 Å². The number of nitrogens with one attached hydrogen (secondary N) is 1. The van der Waals surface area contributed by atoms with Gasteiger partial charge in [0.1, 0.15) is 11.4 Å². The number of hydrogen-bond donors (Lipinski definition) is 1. The fourth-order valence-electron chi connectivity index (χ4n) is 3.76. The van der Waals surface area contributed by atoms with E-state index in [0.717, 1.165) is 31.9 Å².